The maximum atomic E-state index is 8.46. The fourth-order valence-corrected chi connectivity index (χ4v) is 1.46. The molecule has 0 saturated heterocycles. The minimum atomic E-state index is 0.133. The van der Waals surface area contributed by atoms with Crippen LogP contribution in [0.15, 0.2) is 29.4 Å². The lowest BCUT2D eigenvalue weighted by atomic mass is 10.2. The standard InChI is InChI=1S/C13H15N5O3/c1-18(2)11-15-12(20-3)17-13(16-11)21-10-6-4-9(5-7-10)8-14-19/h4-8,19H,1-3H3. The van der Waals surface area contributed by atoms with Crippen LogP contribution in [0.1, 0.15) is 5.56 Å². The van der Waals surface area contributed by atoms with Gasteiger partial charge in [0.1, 0.15) is 5.75 Å². The zero-order chi connectivity index (χ0) is 15.2. The summed E-state index contributed by atoms with van der Waals surface area (Å²) in [5.74, 6) is 0.976. The van der Waals surface area contributed by atoms with Gasteiger partial charge in [-0.05, 0) is 29.8 Å². The summed E-state index contributed by atoms with van der Waals surface area (Å²) >= 11 is 0. The average Bonchev–Trinajstić information content (AvgIpc) is 2.49. The van der Waals surface area contributed by atoms with E-state index in [0.717, 1.165) is 5.56 Å². The van der Waals surface area contributed by atoms with Crippen molar-refractivity contribution < 1.29 is 14.7 Å². The van der Waals surface area contributed by atoms with E-state index in [1.807, 2.05) is 14.1 Å². The summed E-state index contributed by atoms with van der Waals surface area (Å²) in [7, 11) is 5.09. The van der Waals surface area contributed by atoms with Crippen LogP contribution in [0.2, 0.25) is 0 Å². The lowest BCUT2D eigenvalue weighted by Crippen LogP contribution is -2.14. The predicted octanol–water partition coefficient (Wildman–Crippen LogP) is 1.55. The summed E-state index contributed by atoms with van der Waals surface area (Å²) in [4.78, 5) is 14.0. The van der Waals surface area contributed by atoms with E-state index in [0.29, 0.717) is 11.7 Å². The van der Waals surface area contributed by atoms with Crippen LogP contribution < -0.4 is 14.4 Å². The van der Waals surface area contributed by atoms with E-state index >= 15 is 0 Å². The van der Waals surface area contributed by atoms with Gasteiger partial charge in [0.25, 0.3) is 0 Å². The van der Waals surface area contributed by atoms with E-state index < -0.39 is 0 Å². The normalized spacial score (nSPS) is 10.6. The highest BCUT2D eigenvalue weighted by molar-refractivity contribution is 5.79. The smallest absolute Gasteiger partial charge is 0.330 e. The molecule has 0 saturated carbocycles. The second-order valence-electron chi connectivity index (χ2n) is 4.21. The molecule has 0 atom stereocenters. The van der Waals surface area contributed by atoms with Gasteiger partial charge >= 0.3 is 12.0 Å². The molecule has 21 heavy (non-hydrogen) atoms. The summed E-state index contributed by atoms with van der Waals surface area (Å²) in [5.41, 5.74) is 0.743. The number of methoxy groups -OCH3 is 1. The van der Waals surface area contributed by atoms with Crippen LogP contribution in [0.3, 0.4) is 0 Å². The first kappa shape index (κ1) is 14.5. The van der Waals surface area contributed by atoms with Crippen molar-refractivity contribution in [3.05, 3.63) is 29.8 Å². The van der Waals surface area contributed by atoms with Crippen LogP contribution in [-0.4, -0.2) is 47.6 Å². The molecular weight excluding hydrogens is 274 g/mol. The molecule has 0 spiro atoms. The largest absolute Gasteiger partial charge is 0.467 e. The highest BCUT2D eigenvalue weighted by Gasteiger charge is 2.10. The molecule has 1 N–H and O–H groups in total. The molecule has 1 aromatic carbocycles. The molecule has 2 aromatic rings. The van der Waals surface area contributed by atoms with E-state index in [9.17, 15) is 0 Å². The molecule has 0 bridgehead atoms. The number of rotatable bonds is 5. The second kappa shape index (κ2) is 6.51. The molecule has 0 radical (unpaired) electrons. The Hall–Kier alpha value is -2.90. The molecule has 0 amide bonds. The molecule has 0 aliphatic rings. The van der Waals surface area contributed by atoms with Gasteiger partial charge in [-0.25, -0.2) is 0 Å². The average molecular weight is 289 g/mol. The molecule has 8 heteroatoms. The van der Waals surface area contributed by atoms with E-state index in [-0.39, 0.29) is 12.0 Å². The van der Waals surface area contributed by atoms with Crippen molar-refractivity contribution in [3.63, 3.8) is 0 Å². The van der Waals surface area contributed by atoms with E-state index in [4.69, 9.17) is 14.7 Å². The zero-order valence-corrected chi connectivity index (χ0v) is 11.9. The van der Waals surface area contributed by atoms with E-state index in [1.165, 1.54) is 13.3 Å². The van der Waals surface area contributed by atoms with Crippen LogP contribution in [-0.2, 0) is 0 Å². The summed E-state index contributed by atoms with van der Waals surface area (Å²) in [5, 5.41) is 11.4. The highest BCUT2D eigenvalue weighted by Crippen LogP contribution is 2.21. The van der Waals surface area contributed by atoms with Crippen LogP contribution in [0, 0.1) is 0 Å². The zero-order valence-electron chi connectivity index (χ0n) is 11.9. The van der Waals surface area contributed by atoms with Crippen molar-refractivity contribution in [1.82, 2.24) is 15.0 Å². The quantitative estimate of drug-likeness (QED) is 0.507. The fraction of sp³-hybridized carbons (Fsp3) is 0.231. The minimum absolute atomic E-state index is 0.133. The first-order valence-corrected chi connectivity index (χ1v) is 6.05. The molecule has 110 valence electrons. The number of hydrogen-bond donors (Lipinski definition) is 1. The molecule has 1 heterocycles. The summed E-state index contributed by atoms with van der Waals surface area (Å²) in [6, 6.07) is 7.20. The number of benzene rings is 1. The predicted molar refractivity (Wildman–Crippen MR) is 76.6 cm³/mol. The van der Waals surface area contributed by atoms with Crippen LogP contribution in [0.4, 0.5) is 5.95 Å². The number of hydrogen-bond acceptors (Lipinski definition) is 8. The Bertz CT molecular complexity index is 628. The Balaban J connectivity index is 2.23. The van der Waals surface area contributed by atoms with E-state index in [1.54, 1.807) is 29.2 Å². The van der Waals surface area contributed by atoms with Crippen molar-refractivity contribution >= 4 is 12.2 Å². The van der Waals surface area contributed by atoms with Gasteiger partial charge < -0.3 is 19.6 Å². The fourth-order valence-electron chi connectivity index (χ4n) is 1.46. The number of nitrogens with zero attached hydrogens (tertiary/aromatic N) is 5. The molecule has 0 unspecified atom stereocenters. The van der Waals surface area contributed by atoms with Gasteiger partial charge in [-0.2, -0.15) is 9.97 Å². The Morgan fingerprint density at radius 3 is 2.33 bits per heavy atom. The van der Waals surface area contributed by atoms with Crippen molar-refractivity contribution in [2.75, 3.05) is 26.1 Å². The Morgan fingerprint density at radius 2 is 1.76 bits per heavy atom. The maximum Gasteiger partial charge on any atom is 0.330 e. The second-order valence-corrected chi connectivity index (χ2v) is 4.21. The Kier molecular flexibility index (Phi) is 4.50. The van der Waals surface area contributed by atoms with Crippen molar-refractivity contribution in [1.29, 1.82) is 0 Å². The van der Waals surface area contributed by atoms with Gasteiger partial charge in [-0.15, -0.1) is 4.98 Å². The van der Waals surface area contributed by atoms with Crippen LogP contribution in [0.5, 0.6) is 17.8 Å². The Morgan fingerprint density at radius 1 is 1.10 bits per heavy atom. The molecule has 1 aromatic heterocycles. The lowest BCUT2D eigenvalue weighted by molar-refractivity contribution is 0.322. The SMILES string of the molecule is COc1nc(Oc2ccc(C=NO)cc2)nc(N(C)C)n1. The number of ether oxygens (including phenoxy) is 2. The third-order valence-electron chi connectivity index (χ3n) is 2.46. The topological polar surface area (TPSA) is 93.0 Å². The molecule has 0 fully saturated rings. The first-order valence-electron chi connectivity index (χ1n) is 6.05. The van der Waals surface area contributed by atoms with Gasteiger partial charge in [0, 0.05) is 14.1 Å². The van der Waals surface area contributed by atoms with Crippen LogP contribution in [0.25, 0.3) is 0 Å². The minimum Gasteiger partial charge on any atom is -0.467 e. The van der Waals surface area contributed by atoms with Crippen molar-refractivity contribution in [3.8, 4) is 17.8 Å². The Labute approximate surface area is 121 Å². The summed E-state index contributed by atoms with van der Waals surface area (Å²) < 4.78 is 10.6. The van der Waals surface area contributed by atoms with Crippen molar-refractivity contribution in [2.45, 2.75) is 0 Å². The number of oxime groups is 1. The summed E-state index contributed by atoms with van der Waals surface area (Å²) in [6.07, 6.45) is 1.32. The number of anilines is 1. The van der Waals surface area contributed by atoms with Crippen LogP contribution >= 0.6 is 0 Å². The first-order chi connectivity index (χ1) is 10.1. The van der Waals surface area contributed by atoms with E-state index in [2.05, 4.69) is 20.1 Å². The van der Waals surface area contributed by atoms with Gasteiger partial charge in [0.2, 0.25) is 5.95 Å². The lowest BCUT2D eigenvalue weighted by Gasteiger charge is -2.12. The molecule has 8 nitrogen and oxygen atoms in total. The molecule has 0 aliphatic carbocycles. The third kappa shape index (κ3) is 3.78. The monoisotopic (exact) mass is 289 g/mol. The van der Waals surface area contributed by atoms with Gasteiger partial charge in [-0.1, -0.05) is 5.16 Å². The van der Waals surface area contributed by atoms with Gasteiger partial charge in [-0.3, -0.25) is 0 Å². The molecule has 2 rings (SSSR count). The number of aromatic nitrogens is 3. The highest BCUT2D eigenvalue weighted by atomic mass is 16.5. The molecular formula is C13H15N5O3. The maximum absolute atomic E-state index is 8.46. The van der Waals surface area contributed by atoms with Gasteiger partial charge in [0.05, 0.1) is 13.3 Å². The van der Waals surface area contributed by atoms with Gasteiger partial charge in [0.15, 0.2) is 0 Å². The third-order valence-corrected chi connectivity index (χ3v) is 2.46. The van der Waals surface area contributed by atoms with Crippen molar-refractivity contribution in [2.24, 2.45) is 5.16 Å². The molecule has 0 aliphatic heterocycles. The summed E-state index contributed by atoms with van der Waals surface area (Å²) in [6.45, 7) is 0.